The average molecular weight is 435 g/mol. The Labute approximate surface area is 176 Å². The molecule has 9 heteroatoms. The van der Waals surface area contributed by atoms with Crippen LogP contribution in [0.5, 0.6) is 5.75 Å². The van der Waals surface area contributed by atoms with Crippen LogP contribution in [0, 0.1) is 0 Å². The van der Waals surface area contributed by atoms with Crippen LogP contribution in [0.2, 0.25) is 0 Å². The fraction of sp³-hybridized carbons (Fsp3) is 0.333. The molecule has 2 aromatic carbocycles. The van der Waals surface area contributed by atoms with E-state index in [9.17, 15) is 18.0 Å². The van der Waals surface area contributed by atoms with E-state index in [1.165, 1.54) is 12.1 Å². The number of hydrogen-bond donors (Lipinski definition) is 1. The maximum Gasteiger partial charge on any atom is 0.407 e. The second-order valence-corrected chi connectivity index (χ2v) is 8.42. The third-order valence-electron chi connectivity index (χ3n) is 3.81. The molecule has 1 N–H and O–H groups in total. The van der Waals surface area contributed by atoms with Crippen LogP contribution in [0.4, 0.5) is 4.79 Å². The number of nitrogens with one attached hydrogen (secondary N) is 1. The molecule has 1 atom stereocenters. The first kappa shape index (κ1) is 23.2. The van der Waals surface area contributed by atoms with Gasteiger partial charge in [-0.2, -0.15) is 8.42 Å². The number of carbonyl (C=O) groups excluding carboxylic acids is 2. The van der Waals surface area contributed by atoms with Crippen LogP contribution in [-0.4, -0.2) is 39.4 Å². The highest BCUT2D eigenvalue weighted by atomic mass is 32.2. The third-order valence-corrected chi connectivity index (χ3v) is 4.30. The summed E-state index contributed by atoms with van der Waals surface area (Å²) in [5.74, 6) is -1.38. The minimum absolute atomic E-state index is 0.0593. The molecule has 0 aliphatic carbocycles. The molecule has 0 spiro atoms. The lowest BCUT2D eigenvalue weighted by atomic mass is 9.99. The summed E-state index contributed by atoms with van der Waals surface area (Å²) in [4.78, 5) is 24.6. The molecular weight excluding hydrogens is 410 g/mol. The van der Waals surface area contributed by atoms with Crippen molar-refractivity contribution in [3.05, 3.63) is 65.7 Å². The quantitative estimate of drug-likeness (QED) is 0.476. The van der Waals surface area contributed by atoms with Gasteiger partial charge in [0.25, 0.3) is 0 Å². The molecule has 0 heterocycles. The van der Waals surface area contributed by atoms with Gasteiger partial charge in [0.1, 0.15) is 12.4 Å². The monoisotopic (exact) mass is 435 g/mol. The first-order valence-corrected chi connectivity index (χ1v) is 11.1. The van der Waals surface area contributed by atoms with Gasteiger partial charge >= 0.3 is 22.2 Å². The van der Waals surface area contributed by atoms with Gasteiger partial charge in [0.15, 0.2) is 0 Å². The molecule has 162 valence electrons. The number of benzene rings is 2. The first-order valence-electron chi connectivity index (χ1n) is 9.28. The summed E-state index contributed by atoms with van der Waals surface area (Å²) in [5, 5.41) is 2.55. The SMILES string of the molecule is CC(C)OC(=O)C(CNC(=O)OCc1ccccc1)c1cccc(OS(C)(=O)=O)c1. The standard InChI is InChI=1S/C21H25NO7S/c1-15(2)28-20(23)19(17-10-7-11-18(12-17)29-30(3,25)26)13-22-21(24)27-14-16-8-5-4-6-9-16/h4-12,15,19H,13-14H2,1-3H3,(H,22,24). The highest BCUT2D eigenvalue weighted by Crippen LogP contribution is 2.23. The van der Waals surface area contributed by atoms with Crippen molar-refractivity contribution in [2.24, 2.45) is 0 Å². The van der Waals surface area contributed by atoms with Crippen molar-refractivity contribution in [3.8, 4) is 5.75 Å². The molecule has 0 aliphatic rings. The highest BCUT2D eigenvalue weighted by Gasteiger charge is 2.25. The third kappa shape index (κ3) is 8.12. The average Bonchev–Trinajstić information content (AvgIpc) is 2.66. The molecule has 0 saturated heterocycles. The van der Waals surface area contributed by atoms with Gasteiger partial charge < -0.3 is 19.0 Å². The molecule has 2 aromatic rings. The summed E-state index contributed by atoms with van der Waals surface area (Å²) in [6.07, 6.45) is -0.126. The molecule has 30 heavy (non-hydrogen) atoms. The van der Waals surface area contributed by atoms with Crippen molar-refractivity contribution >= 4 is 22.2 Å². The number of carbonyl (C=O) groups is 2. The van der Waals surface area contributed by atoms with E-state index in [1.54, 1.807) is 26.0 Å². The fourth-order valence-corrected chi connectivity index (χ4v) is 3.02. The second kappa shape index (κ2) is 10.6. The van der Waals surface area contributed by atoms with E-state index in [-0.39, 0.29) is 25.0 Å². The molecule has 1 unspecified atom stereocenters. The fourth-order valence-electron chi connectivity index (χ4n) is 2.57. The Morgan fingerprint density at radius 2 is 1.73 bits per heavy atom. The molecule has 0 bridgehead atoms. The first-order chi connectivity index (χ1) is 14.1. The molecule has 0 fully saturated rings. The van der Waals surface area contributed by atoms with Crippen molar-refractivity contribution in [1.82, 2.24) is 5.32 Å². The maximum atomic E-state index is 12.6. The van der Waals surface area contributed by atoms with E-state index in [4.69, 9.17) is 13.7 Å². The molecular formula is C21H25NO7S. The number of amides is 1. The minimum atomic E-state index is -3.72. The Bertz CT molecular complexity index is 958. The van der Waals surface area contributed by atoms with Gasteiger partial charge in [-0.05, 0) is 37.1 Å². The Morgan fingerprint density at radius 3 is 2.37 bits per heavy atom. The lowest BCUT2D eigenvalue weighted by Crippen LogP contribution is -2.33. The zero-order chi connectivity index (χ0) is 22.1. The van der Waals surface area contributed by atoms with Crippen LogP contribution in [-0.2, 0) is 31.0 Å². The zero-order valence-corrected chi connectivity index (χ0v) is 17.8. The molecule has 0 saturated carbocycles. The Morgan fingerprint density at radius 1 is 1.03 bits per heavy atom. The molecule has 0 aliphatic heterocycles. The Hall–Kier alpha value is -3.07. The van der Waals surface area contributed by atoms with Crippen LogP contribution in [0.1, 0.15) is 30.9 Å². The number of ether oxygens (including phenoxy) is 2. The topological polar surface area (TPSA) is 108 Å². The normalized spacial score (nSPS) is 12.1. The maximum absolute atomic E-state index is 12.6. The van der Waals surface area contributed by atoms with Crippen molar-refractivity contribution < 1.29 is 31.7 Å². The lowest BCUT2D eigenvalue weighted by molar-refractivity contribution is -0.149. The van der Waals surface area contributed by atoms with Gasteiger partial charge in [-0.3, -0.25) is 4.79 Å². The van der Waals surface area contributed by atoms with Gasteiger partial charge in [0.2, 0.25) is 0 Å². The van der Waals surface area contributed by atoms with E-state index in [1.807, 2.05) is 30.3 Å². The van der Waals surface area contributed by atoms with Crippen LogP contribution in [0.25, 0.3) is 0 Å². The van der Waals surface area contributed by atoms with Crippen molar-refractivity contribution in [2.75, 3.05) is 12.8 Å². The van der Waals surface area contributed by atoms with Crippen LogP contribution < -0.4 is 9.50 Å². The summed E-state index contributed by atoms with van der Waals surface area (Å²) >= 11 is 0. The van der Waals surface area contributed by atoms with Gasteiger partial charge in [-0.15, -0.1) is 0 Å². The summed E-state index contributed by atoms with van der Waals surface area (Å²) in [6, 6.07) is 15.2. The second-order valence-electron chi connectivity index (χ2n) is 6.84. The van der Waals surface area contributed by atoms with E-state index < -0.39 is 28.1 Å². The molecule has 0 radical (unpaired) electrons. The van der Waals surface area contributed by atoms with E-state index in [2.05, 4.69) is 5.32 Å². The number of alkyl carbamates (subject to hydrolysis) is 1. The molecule has 1 amide bonds. The summed E-state index contributed by atoms with van der Waals surface area (Å²) in [7, 11) is -3.72. The highest BCUT2D eigenvalue weighted by molar-refractivity contribution is 7.86. The Balaban J connectivity index is 2.09. The predicted molar refractivity (Wildman–Crippen MR) is 111 cm³/mol. The van der Waals surface area contributed by atoms with Crippen molar-refractivity contribution in [2.45, 2.75) is 32.5 Å². The summed E-state index contributed by atoms with van der Waals surface area (Å²) in [5.41, 5.74) is 1.26. The minimum Gasteiger partial charge on any atom is -0.462 e. The number of rotatable bonds is 9. The Kier molecular flexibility index (Phi) is 8.23. The van der Waals surface area contributed by atoms with Gasteiger partial charge in [-0.1, -0.05) is 42.5 Å². The van der Waals surface area contributed by atoms with Crippen LogP contribution >= 0.6 is 0 Å². The van der Waals surface area contributed by atoms with E-state index in [0.29, 0.717) is 5.56 Å². The predicted octanol–water partition coefficient (Wildman–Crippen LogP) is 2.99. The largest absolute Gasteiger partial charge is 0.462 e. The molecule has 2 rings (SSSR count). The van der Waals surface area contributed by atoms with E-state index >= 15 is 0 Å². The van der Waals surface area contributed by atoms with Crippen LogP contribution in [0.15, 0.2) is 54.6 Å². The van der Waals surface area contributed by atoms with Gasteiger partial charge in [0, 0.05) is 6.54 Å². The van der Waals surface area contributed by atoms with Crippen molar-refractivity contribution in [3.63, 3.8) is 0 Å². The molecule has 8 nitrogen and oxygen atoms in total. The van der Waals surface area contributed by atoms with Gasteiger partial charge in [0.05, 0.1) is 18.3 Å². The zero-order valence-electron chi connectivity index (χ0n) is 17.0. The summed E-state index contributed by atoms with van der Waals surface area (Å²) in [6.45, 7) is 3.41. The van der Waals surface area contributed by atoms with E-state index in [0.717, 1.165) is 11.8 Å². The van der Waals surface area contributed by atoms with Crippen LogP contribution in [0.3, 0.4) is 0 Å². The lowest BCUT2D eigenvalue weighted by Gasteiger charge is -2.19. The smallest absolute Gasteiger partial charge is 0.407 e. The summed E-state index contributed by atoms with van der Waals surface area (Å²) < 4.78 is 38.1. The number of hydrogen-bond acceptors (Lipinski definition) is 7. The number of esters is 1. The van der Waals surface area contributed by atoms with Gasteiger partial charge in [-0.25, -0.2) is 4.79 Å². The van der Waals surface area contributed by atoms with Crippen molar-refractivity contribution in [1.29, 1.82) is 0 Å². The molecule has 0 aromatic heterocycles.